The van der Waals surface area contributed by atoms with Gasteiger partial charge in [0, 0.05) is 16.6 Å². The second kappa shape index (κ2) is 9.94. The Morgan fingerprint density at radius 1 is 1.19 bits per heavy atom. The third-order valence-corrected chi connectivity index (χ3v) is 11.5. The van der Waals surface area contributed by atoms with Crippen LogP contribution in [0, 0.1) is 23.2 Å². The molecular formula is C29H34Cl2N2O3S. The van der Waals surface area contributed by atoms with Crippen molar-refractivity contribution in [3.8, 4) is 0 Å². The van der Waals surface area contributed by atoms with E-state index < -0.39 is 9.52 Å². The van der Waals surface area contributed by atoms with Crippen LogP contribution in [0.2, 0.25) is 10.0 Å². The highest BCUT2D eigenvalue weighted by atomic mass is 35.5. The molecular weight excluding hydrogens is 527 g/mol. The van der Waals surface area contributed by atoms with Gasteiger partial charge in [-0.2, -0.15) is 0 Å². The number of halogens is 2. The summed E-state index contributed by atoms with van der Waals surface area (Å²) in [6.45, 7) is 3.56. The Morgan fingerprint density at radius 3 is 2.62 bits per heavy atom. The van der Waals surface area contributed by atoms with Crippen molar-refractivity contribution in [2.45, 2.75) is 58.0 Å². The molecule has 5 nitrogen and oxygen atoms in total. The van der Waals surface area contributed by atoms with Gasteiger partial charge in [-0.15, -0.1) is 0 Å². The van der Waals surface area contributed by atoms with Gasteiger partial charge < -0.3 is 10.6 Å². The molecule has 0 aromatic heterocycles. The summed E-state index contributed by atoms with van der Waals surface area (Å²) >= 11 is 12.4. The molecule has 5 unspecified atom stereocenters. The molecule has 198 valence electrons. The van der Waals surface area contributed by atoms with Gasteiger partial charge in [0.25, 0.3) is 0 Å². The number of carbonyl (C=O) groups is 2. The van der Waals surface area contributed by atoms with Crippen molar-refractivity contribution < 1.29 is 13.8 Å². The van der Waals surface area contributed by atoms with E-state index in [1.54, 1.807) is 19.1 Å². The van der Waals surface area contributed by atoms with E-state index in [4.69, 9.17) is 23.2 Å². The Hall–Kier alpha value is -2.02. The highest BCUT2D eigenvalue weighted by molar-refractivity contribution is 8.04. The zero-order valence-corrected chi connectivity index (χ0v) is 23.6. The number of Topliss-reactive ketones (excluding diaryl/α,β-unsaturated/α-hetero) is 1. The average molecular weight is 562 g/mol. The van der Waals surface area contributed by atoms with Crippen molar-refractivity contribution in [1.82, 2.24) is 10.6 Å². The minimum atomic E-state index is -2.55. The summed E-state index contributed by atoms with van der Waals surface area (Å²) in [7, 11) is -2.55. The van der Waals surface area contributed by atoms with Gasteiger partial charge in [-0.1, -0.05) is 59.1 Å². The Balaban J connectivity index is 1.19. The lowest BCUT2D eigenvalue weighted by Crippen LogP contribution is -2.59. The van der Waals surface area contributed by atoms with E-state index >= 15 is 0 Å². The van der Waals surface area contributed by atoms with Gasteiger partial charge in [0.2, 0.25) is 0 Å². The van der Waals surface area contributed by atoms with Crippen LogP contribution < -0.4 is 10.6 Å². The summed E-state index contributed by atoms with van der Waals surface area (Å²) in [5.41, 5.74) is 2.11. The van der Waals surface area contributed by atoms with E-state index in [1.807, 2.05) is 31.2 Å². The first-order valence-electron chi connectivity index (χ1n) is 12.9. The number of benzene rings is 1. The van der Waals surface area contributed by atoms with Crippen molar-refractivity contribution in [2.75, 3.05) is 5.75 Å². The van der Waals surface area contributed by atoms with Crippen molar-refractivity contribution in [1.29, 1.82) is 0 Å². The first-order chi connectivity index (χ1) is 17.5. The van der Waals surface area contributed by atoms with E-state index in [2.05, 4.69) is 22.6 Å². The number of hydrogen-bond acceptors (Lipinski definition) is 3. The van der Waals surface area contributed by atoms with Crippen LogP contribution in [0.1, 0.15) is 57.6 Å². The fourth-order valence-corrected chi connectivity index (χ4v) is 9.23. The van der Waals surface area contributed by atoms with Gasteiger partial charge in [-0.25, -0.2) is 4.79 Å². The van der Waals surface area contributed by atoms with Crippen molar-refractivity contribution in [2.24, 2.45) is 23.2 Å². The van der Waals surface area contributed by atoms with Crippen molar-refractivity contribution in [3.05, 3.63) is 68.6 Å². The van der Waals surface area contributed by atoms with Crippen molar-refractivity contribution in [3.63, 3.8) is 0 Å². The summed E-state index contributed by atoms with van der Waals surface area (Å²) in [4.78, 5) is 25.8. The third kappa shape index (κ3) is 5.05. The SMILES string of the molecule is C=S(=O)(C/C1=C/CC2CC3(C2)CC1C3C(C)=O)C1=CCC(NC(=O)NC(C)c2cccc(Cl)c2Cl)C=C1. The lowest BCUT2D eigenvalue weighted by molar-refractivity contribution is -0.159. The van der Waals surface area contributed by atoms with Crippen LogP contribution in [-0.4, -0.2) is 33.7 Å². The molecule has 1 aromatic carbocycles. The zero-order chi connectivity index (χ0) is 26.5. The molecule has 0 aliphatic heterocycles. The molecule has 3 bridgehead atoms. The van der Waals surface area contributed by atoms with Crippen LogP contribution in [0.5, 0.6) is 0 Å². The Morgan fingerprint density at radius 2 is 1.95 bits per heavy atom. The predicted molar refractivity (Wildman–Crippen MR) is 152 cm³/mol. The minimum absolute atomic E-state index is 0.0812. The lowest BCUT2D eigenvalue weighted by atomic mass is 9.39. The molecule has 6 aliphatic rings. The summed E-state index contributed by atoms with van der Waals surface area (Å²) in [5.74, 6) is 5.75. The lowest BCUT2D eigenvalue weighted by Gasteiger charge is -2.64. The smallest absolute Gasteiger partial charge is 0.315 e. The molecule has 8 heteroatoms. The number of carbonyl (C=O) groups excluding carboxylic acids is 2. The quantitative estimate of drug-likeness (QED) is 0.306. The van der Waals surface area contributed by atoms with E-state index in [-0.39, 0.29) is 41.1 Å². The molecule has 2 saturated carbocycles. The van der Waals surface area contributed by atoms with Crippen molar-refractivity contribution >= 4 is 50.4 Å². The molecule has 2 fully saturated rings. The number of allylic oxidation sites excluding steroid dienone is 2. The molecule has 1 aromatic rings. The number of urea groups is 1. The van der Waals surface area contributed by atoms with E-state index in [0.717, 1.165) is 36.8 Å². The van der Waals surface area contributed by atoms with Crippen LogP contribution >= 0.6 is 23.2 Å². The summed E-state index contributed by atoms with van der Waals surface area (Å²) < 4.78 is 13.7. The first-order valence-corrected chi connectivity index (χ1v) is 15.6. The van der Waals surface area contributed by atoms with Gasteiger partial charge in [0.1, 0.15) is 5.78 Å². The Bertz CT molecular complexity index is 1320. The maximum Gasteiger partial charge on any atom is 0.315 e. The molecule has 5 atom stereocenters. The molecule has 2 N–H and O–H groups in total. The number of hydrogen-bond donors (Lipinski definition) is 2. The van der Waals surface area contributed by atoms with Gasteiger partial charge in [-0.05, 0) is 96.3 Å². The average Bonchev–Trinajstić information content (AvgIpc) is 2.75. The Kier molecular flexibility index (Phi) is 7.14. The maximum atomic E-state index is 13.7. The van der Waals surface area contributed by atoms with Crippen LogP contribution in [0.15, 0.2) is 53.0 Å². The van der Waals surface area contributed by atoms with E-state index in [1.165, 1.54) is 0 Å². The fourth-order valence-electron chi connectivity index (χ4n) is 7.00. The first kappa shape index (κ1) is 26.6. The number of rotatable bonds is 7. The Labute approximate surface area is 229 Å². The number of ketones is 1. The number of amides is 2. The maximum absolute atomic E-state index is 13.7. The molecule has 6 aliphatic carbocycles. The molecule has 7 rings (SSSR count). The number of nitrogens with one attached hydrogen (secondary N) is 2. The molecule has 2 amide bonds. The monoisotopic (exact) mass is 560 g/mol. The van der Waals surface area contributed by atoms with Gasteiger partial charge >= 0.3 is 6.03 Å². The highest BCUT2D eigenvalue weighted by Gasteiger charge is 2.62. The summed E-state index contributed by atoms with van der Waals surface area (Å²) in [5, 5.41) is 6.71. The molecule has 0 radical (unpaired) electrons. The summed E-state index contributed by atoms with van der Waals surface area (Å²) in [6, 6.07) is 4.47. The minimum Gasteiger partial charge on any atom is -0.332 e. The summed E-state index contributed by atoms with van der Waals surface area (Å²) in [6.07, 6.45) is 12.8. The van der Waals surface area contributed by atoms with Crippen LogP contribution in [-0.2, 0) is 14.3 Å². The molecule has 1 spiro atoms. The highest BCUT2D eigenvalue weighted by Crippen LogP contribution is 2.68. The normalized spacial score (nSPS) is 33.6. The van der Waals surface area contributed by atoms with Crippen LogP contribution in [0.3, 0.4) is 0 Å². The molecule has 0 saturated heterocycles. The second-order valence-electron chi connectivity index (χ2n) is 11.3. The third-order valence-electron chi connectivity index (χ3n) is 8.71. The van der Waals surface area contributed by atoms with Gasteiger partial charge in [-0.3, -0.25) is 9.00 Å². The topological polar surface area (TPSA) is 75.3 Å². The molecule has 0 heterocycles. The zero-order valence-electron chi connectivity index (χ0n) is 21.3. The predicted octanol–water partition coefficient (Wildman–Crippen LogP) is 6.23. The van der Waals surface area contributed by atoms with E-state index in [9.17, 15) is 13.8 Å². The van der Waals surface area contributed by atoms with Gasteiger partial charge in [0.15, 0.2) is 0 Å². The van der Waals surface area contributed by atoms with E-state index in [0.29, 0.717) is 33.0 Å². The standard InChI is InChI=1S/C29H34Cl2N2O3S/c1-17(23-5-4-6-25(30)27(23)31)32-28(35)33-21-9-11-22(12-10-21)37(3,36)16-20-8-7-19-13-29(14-19)15-24(20)26(29)18(2)34/h4-6,8-9,11-12,17,19,21,24,26H,3,7,10,13-16H2,1-2H3,(H2,32,33,35)/b20-8-. The largest absolute Gasteiger partial charge is 0.332 e. The fraction of sp³-hybridized carbons (Fsp3) is 0.483. The van der Waals surface area contributed by atoms with Gasteiger partial charge in [0.05, 0.1) is 22.1 Å². The van der Waals surface area contributed by atoms with Crippen LogP contribution in [0.25, 0.3) is 0 Å². The molecule has 37 heavy (non-hydrogen) atoms. The van der Waals surface area contributed by atoms with Crippen LogP contribution in [0.4, 0.5) is 4.79 Å². The second-order valence-corrected chi connectivity index (χ2v) is 14.5.